The summed E-state index contributed by atoms with van der Waals surface area (Å²) in [7, 11) is 0. The van der Waals surface area contributed by atoms with Crippen LogP contribution in [0.25, 0.3) is 27.4 Å². The summed E-state index contributed by atoms with van der Waals surface area (Å²) in [4.78, 5) is 15.8. The molecule has 0 atom stereocenters. The summed E-state index contributed by atoms with van der Waals surface area (Å²) in [5.41, 5.74) is 1.25. The van der Waals surface area contributed by atoms with Crippen molar-refractivity contribution in [3.63, 3.8) is 0 Å². The van der Waals surface area contributed by atoms with Crippen LogP contribution in [0.3, 0.4) is 0 Å². The van der Waals surface area contributed by atoms with Crippen LogP contribution in [0.5, 0.6) is 5.88 Å². The maximum atomic E-state index is 11.4. The van der Waals surface area contributed by atoms with Gasteiger partial charge in [-0.2, -0.15) is 0 Å². The van der Waals surface area contributed by atoms with Gasteiger partial charge in [-0.3, -0.25) is 9.55 Å². The predicted molar refractivity (Wildman–Crippen MR) is 90.7 cm³/mol. The van der Waals surface area contributed by atoms with E-state index < -0.39 is 0 Å². The molecule has 2 heterocycles. The van der Waals surface area contributed by atoms with Crippen molar-refractivity contribution < 1.29 is 5.11 Å². The molecule has 0 radical (unpaired) electrons. The topological polar surface area (TPSA) is 67.5 Å². The number of para-hydroxylation sites is 1. The molecule has 6 heteroatoms. The van der Waals surface area contributed by atoms with Gasteiger partial charge >= 0.3 is 0 Å². The minimum atomic E-state index is -0.0654. The van der Waals surface area contributed by atoms with Gasteiger partial charge in [0.25, 0.3) is 0 Å². The largest absolute Gasteiger partial charge is 0.494 e. The number of hydrogen-bond acceptors (Lipinski definition) is 4. The Bertz CT molecular complexity index is 1070. The van der Waals surface area contributed by atoms with Crippen LogP contribution >= 0.6 is 11.6 Å². The van der Waals surface area contributed by atoms with Crippen LogP contribution in [0.15, 0.2) is 59.9 Å². The number of halogens is 1. The number of benzene rings is 2. The van der Waals surface area contributed by atoms with Crippen molar-refractivity contribution in [1.82, 2.24) is 9.55 Å². The highest BCUT2D eigenvalue weighted by Gasteiger charge is 2.20. The van der Waals surface area contributed by atoms with Gasteiger partial charge in [-0.1, -0.05) is 29.8 Å². The molecule has 0 amide bonds. The molecule has 112 valence electrons. The average molecular weight is 324 g/mol. The fraction of sp³-hybridized carbons (Fsp3) is 0. The highest BCUT2D eigenvalue weighted by molar-refractivity contribution is 6.31. The molecular formula is C17H10ClN3O2. The lowest BCUT2D eigenvalue weighted by Gasteiger charge is -2.09. The fourth-order valence-corrected chi connectivity index (χ4v) is 3.00. The standard InChI is InChI=1S/C17H10ClN3O2/c18-11-6-7-12-13(9-11)16(20-23)21(17(12)22)14-5-1-3-10-4-2-8-19-15(10)14/h1-9,22H. The monoisotopic (exact) mass is 323 g/mol. The van der Waals surface area contributed by atoms with Crippen molar-refractivity contribution in [2.75, 3.05) is 0 Å². The number of nitrogens with zero attached hydrogens (tertiary/aromatic N) is 3. The summed E-state index contributed by atoms with van der Waals surface area (Å²) in [6.45, 7) is 0. The zero-order chi connectivity index (χ0) is 16.0. The number of pyridine rings is 1. The number of hydrogen-bond donors (Lipinski definition) is 1. The Morgan fingerprint density at radius 2 is 1.91 bits per heavy atom. The summed E-state index contributed by atoms with van der Waals surface area (Å²) in [6.07, 6.45) is 1.66. The van der Waals surface area contributed by atoms with Gasteiger partial charge in [-0.05, 0) is 35.5 Å². The van der Waals surface area contributed by atoms with Crippen molar-refractivity contribution >= 4 is 39.1 Å². The molecule has 0 fully saturated rings. The van der Waals surface area contributed by atoms with E-state index in [1.54, 1.807) is 30.5 Å². The first-order valence-corrected chi connectivity index (χ1v) is 7.29. The van der Waals surface area contributed by atoms with Crippen molar-refractivity contribution in [2.24, 2.45) is 5.18 Å². The molecular weight excluding hydrogens is 314 g/mol. The molecule has 0 bridgehead atoms. The highest BCUT2D eigenvalue weighted by atomic mass is 35.5. The van der Waals surface area contributed by atoms with Gasteiger partial charge in [-0.25, -0.2) is 0 Å². The molecule has 0 aliphatic rings. The van der Waals surface area contributed by atoms with Crippen LogP contribution in [0.4, 0.5) is 5.82 Å². The number of rotatable bonds is 2. The molecule has 0 spiro atoms. The van der Waals surface area contributed by atoms with E-state index in [1.165, 1.54) is 4.57 Å². The molecule has 0 aliphatic carbocycles. The van der Waals surface area contributed by atoms with E-state index in [1.807, 2.05) is 24.3 Å². The lowest BCUT2D eigenvalue weighted by molar-refractivity contribution is 0.449. The summed E-state index contributed by atoms with van der Waals surface area (Å²) in [5, 5.41) is 16.1. The summed E-state index contributed by atoms with van der Waals surface area (Å²) in [6, 6.07) is 14.2. The molecule has 1 N–H and O–H groups in total. The Kier molecular flexibility index (Phi) is 3.02. The van der Waals surface area contributed by atoms with Gasteiger partial charge in [0.1, 0.15) is 0 Å². The van der Waals surface area contributed by atoms with Crippen LogP contribution < -0.4 is 0 Å². The van der Waals surface area contributed by atoms with E-state index >= 15 is 0 Å². The van der Waals surface area contributed by atoms with Crippen LogP contribution in [0.2, 0.25) is 5.02 Å². The van der Waals surface area contributed by atoms with Crippen molar-refractivity contribution in [3.05, 3.63) is 64.7 Å². The van der Waals surface area contributed by atoms with Crippen LogP contribution in [0, 0.1) is 4.91 Å². The number of nitroso groups, excluding NO2 is 1. The molecule has 4 rings (SSSR count). The first kappa shape index (κ1) is 13.7. The van der Waals surface area contributed by atoms with E-state index in [2.05, 4.69) is 10.2 Å². The molecule has 0 saturated heterocycles. The molecule has 2 aromatic heterocycles. The lowest BCUT2D eigenvalue weighted by atomic mass is 10.2. The maximum absolute atomic E-state index is 11.4. The van der Waals surface area contributed by atoms with E-state index in [-0.39, 0.29) is 11.7 Å². The molecule has 0 aliphatic heterocycles. The zero-order valence-corrected chi connectivity index (χ0v) is 12.5. The third kappa shape index (κ3) is 1.98. The smallest absolute Gasteiger partial charge is 0.205 e. The number of aromatic hydroxyl groups is 1. The fourth-order valence-electron chi connectivity index (χ4n) is 2.82. The maximum Gasteiger partial charge on any atom is 0.205 e. The molecule has 4 aromatic rings. The summed E-state index contributed by atoms with van der Waals surface area (Å²) < 4.78 is 1.41. The van der Waals surface area contributed by atoms with E-state index in [0.29, 0.717) is 27.0 Å². The molecule has 5 nitrogen and oxygen atoms in total. The Labute approximate surface area is 135 Å². The second-order valence-electron chi connectivity index (χ2n) is 5.12. The average Bonchev–Trinajstić information content (AvgIpc) is 2.85. The normalized spacial score (nSPS) is 11.2. The minimum Gasteiger partial charge on any atom is -0.494 e. The van der Waals surface area contributed by atoms with Crippen molar-refractivity contribution in [3.8, 4) is 11.6 Å². The molecule has 0 unspecified atom stereocenters. The second-order valence-corrected chi connectivity index (χ2v) is 5.55. The van der Waals surface area contributed by atoms with Crippen LogP contribution in [-0.4, -0.2) is 14.7 Å². The van der Waals surface area contributed by atoms with Gasteiger partial charge in [0.15, 0.2) is 5.82 Å². The third-order valence-electron chi connectivity index (χ3n) is 3.83. The Hall–Kier alpha value is -2.92. The van der Waals surface area contributed by atoms with Gasteiger partial charge in [-0.15, -0.1) is 4.91 Å². The third-order valence-corrected chi connectivity index (χ3v) is 4.06. The zero-order valence-electron chi connectivity index (χ0n) is 11.8. The quantitative estimate of drug-likeness (QED) is 0.531. The van der Waals surface area contributed by atoms with Gasteiger partial charge in [0.05, 0.1) is 11.2 Å². The first-order valence-electron chi connectivity index (χ1n) is 6.91. The molecule has 23 heavy (non-hydrogen) atoms. The van der Waals surface area contributed by atoms with E-state index in [0.717, 1.165) is 5.39 Å². The SMILES string of the molecule is O=Nc1c2cc(Cl)ccc2c(O)n1-c1cccc2cccnc12. The van der Waals surface area contributed by atoms with Crippen LogP contribution in [-0.2, 0) is 0 Å². The molecule has 2 aromatic carbocycles. The molecule has 0 saturated carbocycles. The highest BCUT2D eigenvalue weighted by Crippen LogP contribution is 2.41. The van der Waals surface area contributed by atoms with Crippen molar-refractivity contribution in [1.29, 1.82) is 0 Å². The van der Waals surface area contributed by atoms with E-state index in [9.17, 15) is 10.0 Å². The van der Waals surface area contributed by atoms with Crippen molar-refractivity contribution in [2.45, 2.75) is 0 Å². The van der Waals surface area contributed by atoms with Crippen LogP contribution in [0.1, 0.15) is 0 Å². The lowest BCUT2D eigenvalue weighted by Crippen LogP contribution is -1.95. The van der Waals surface area contributed by atoms with Gasteiger partial charge in [0, 0.05) is 27.4 Å². The minimum absolute atomic E-state index is 0.0654. The Morgan fingerprint density at radius 3 is 2.74 bits per heavy atom. The summed E-state index contributed by atoms with van der Waals surface area (Å²) in [5.74, 6) is 0.0302. The number of fused-ring (bicyclic) bond motifs is 2. The van der Waals surface area contributed by atoms with E-state index in [4.69, 9.17) is 11.6 Å². The number of aromatic nitrogens is 2. The van der Waals surface area contributed by atoms with Gasteiger partial charge < -0.3 is 5.11 Å². The van der Waals surface area contributed by atoms with Gasteiger partial charge in [0.2, 0.25) is 5.88 Å². The Morgan fingerprint density at radius 1 is 1.09 bits per heavy atom. The summed E-state index contributed by atoms with van der Waals surface area (Å²) >= 11 is 6.00. The second kappa shape index (κ2) is 5.07. The Balaban J connectivity index is 2.16. The predicted octanol–water partition coefficient (Wildman–Crippen LogP) is 4.94. The first-order chi connectivity index (χ1) is 11.2.